The van der Waals surface area contributed by atoms with Gasteiger partial charge in [0.15, 0.2) is 0 Å². The Kier molecular flexibility index (Phi) is 4.20. The number of anilines is 1. The molecular weight excluding hydrogens is 256 g/mol. The second kappa shape index (κ2) is 6.06. The van der Waals surface area contributed by atoms with Gasteiger partial charge in [-0.05, 0) is 35.7 Å². The van der Waals surface area contributed by atoms with E-state index < -0.39 is 0 Å². The molecule has 0 aliphatic heterocycles. The van der Waals surface area contributed by atoms with E-state index in [1.54, 1.807) is 26.4 Å². The first-order valence-corrected chi connectivity index (χ1v) is 6.16. The molecule has 0 aliphatic rings. The van der Waals surface area contributed by atoms with Gasteiger partial charge < -0.3 is 14.6 Å². The topological polar surface area (TPSA) is 60.3 Å². The molecule has 1 aromatic heterocycles. The molecule has 0 unspecified atom stereocenters. The minimum Gasteiger partial charge on any atom is -0.497 e. The smallest absolute Gasteiger partial charge is 0.274 e. The molecule has 0 radical (unpaired) electrons. The van der Waals surface area contributed by atoms with Crippen molar-refractivity contribution in [3.8, 4) is 5.75 Å². The number of hydrogen-bond acceptors (Lipinski definition) is 3. The molecule has 1 heterocycles. The first-order valence-electron chi connectivity index (χ1n) is 6.16. The van der Waals surface area contributed by atoms with Crippen LogP contribution >= 0.6 is 0 Å². The molecule has 2 aromatic rings. The zero-order valence-electron chi connectivity index (χ0n) is 11.4. The van der Waals surface area contributed by atoms with E-state index in [0.717, 1.165) is 16.9 Å². The van der Waals surface area contributed by atoms with Gasteiger partial charge >= 0.3 is 0 Å². The van der Waals surface area contributed by atoms with Gasteiger partial charge in [0.05, 0.1) is 7.11 Å². The van der Waals surface area contributed by atoms with Crippen molar-refractivity contribution >= 4 is 12.1 Å². The predicted octanol–water partition coefficient (Wildman–Crippen LogP) is 1.55. The largest absolute Gasteiger partial charge is 0.497 e. The van der Waals surface area contributed by atoms with Gasteiger partial charge in [-0.15, -0.1) is 0 Å². The van der Waals surface area contributed by atoms with Crippen LogP contribution in [0.4, 0.5) is 5.69 Å². The molecule has 1 amide bonds. The van der Waals surface area contributed by atoms with E-state index in [1.807, 2.05) is 24.3 Å². The lowest BCUT2D eigenvalue weighted by Crippen LogP contribution is -2.21. The van der Waals surface area contributed by atoms with Crippen LogP contribution in [0, 0.1) is 0 Å². The summed E-state index contributed by atoms with van der Waals surface area (Å²) in [4.78, 5) is 22.3. The van der Waals surface area contributed by atoms with Gasteiger partial charge in [0.2, 0.25) is 6.41 Å². The molecule has 0 atom stereocenters. The summed E-state index contributed by atoms with van der Waals surface area (Å²) in [6, 6.07) is 9.41. The van der Waals surface area contributed by atoms with E-state index in [4.69, 9.17) is 4.74 Å². The number of hydrogen-bond donors (Lipinski definition) is 1. The lowest BCUT2D eigenvalue weighted by atomic mass is 10.1. The Hall–Kier alpha value is -2.56. The predicted molar refractivity (Wildman–Crippen MR) is 77.2 cm³/mol. The lowest BCUT2D eigenvalue weighted by Gasteiger charge is -2.08. The van der Waals surface area contributed by atoms with Crippen LogP contribution < -0.4 is 15.6 Å². The molecule has 5 heteroatoms. The Morgan fingerprint density at radius 3 is 2.55 bits per heavy atom. The summed E-state index contributed by atoms with van der Waals surface area (Å²) in [5.41, 5.74) is 2.10. The molecule has 0 aliphatic carbocycles. The first kappa shape index (κ1) is 13.9. The summed E-state index contributed by atoms with van der Waals surface area (Å²) in [6.07, 6.45) is 2.95. The Bertz CT molecular complexity index is 660. The second-order valence-corrected chi connectivity index (χ2v) is 4.47. The van der Waals surface area contributed by atoms with E-state index in [2.05, 4.69) is 5.32 Å². The molecule has 0 fully saturated rings. The summed E-state index contributed by atoms with van der Waals surface area (Å²) < 4.78 is 6.57. The van der Waals surface area contributed by atoms with Crippen LogP contribution in [0.2, 0.25) is 0 Å². The third-order valence-electron chi connectivity index (χ3n) is 3.02. The number of benzene rings is 1. The first-order chi connectivity index (χ1) is 9.63. The van der Waals surface area contributed by atoms with Crippen LogP contribution in [-0.2, 0) is 18.3 Å². The quantitative estimate of drug-likeness (QED) is 0.840. The Morgan fingerprint density at radius 2 is 1.95 bits per heavy atom. The number of carbonyl (C=O) groups is 1. The van der Waals surface area contributed by atoms with Gasteiger partial charge in [-0.2, -0.15) is 0 Å². The number of aryl methyl sites for hydroxylation is 1. The minimum absolute atomic E-state index is 0.226. The molecule has 0 saturated carbocycles. The summed E-state index contributed by atoms with van der Waals surface area (Å²) in [5, 5.41) is 2.43. The maximum Gasteiger partial charge on any atom is 0.274 e. The number of amides is 1. The average molecular weight is 272 g/mol. The molecule has 104 valence electrons. The van der Waals surface area contributed by atoms with Gasteiger partial charge in [-0.3, -0.25) is 9.59 Å². The standard InChI is InChI=1S/C15H16N2O3/c1-17-9-12(8-14(15(17)19)16-10-18)7-11-3-5-13(20-2)6-4-11/h3-6,8-10H,7H2,1-2H3,(H,16,18). The highest BCUT2D eigenvalue weighted by molar-refractivity contribution is 5.70. The highest BCUT2D eigenvalue weighted by atomic mass is 16.5. The van der Waals surface area contributed by atoms with Crippen molar-refractivity contribution < 1.29 is 9.53 Å². The molecule has 1 N–H and O–H groups in total. The third-order valence-corrected chi connectivity index (χ3v) is 3.02. The van der Waals surface area contributed by atoms with E-state index in [0.29, 0.717) is 12.8 Å². The lowest BCUT2D eigenvalue weighted by molar-refractivity contribution is -0.105. The van der Waals surface area contributed by atoms with Crippen LogP contribution in [0.25, 0.3) is 0 Å². The van der Waals surface area contributed by atoms with Crippen LogP contribution in [0.15, 0.2) is 41.3 Å². The Morgan fingerprint density at radius 1 is 1.25 bits per heavy atom. The number of nitrogens with zero attached hydrogens (tertiary/aromatic N) is 1. The van der Waals surface area contributed by atoms with Crippen molar-refractivity contribution in [3.63, 3.8) is 0 Å². The zero-order valence-corrected chi connectivity index (χ0v) is 11.4. The van der Waals surface area contributed by atoms with Crippen molar-refractivity contribution in [1.82, 2.24) is 4.57 Å². The molecule has 0 bridgehead atoms. The van der Waals surface area contributed by atoms with Crippen molar-refractivity contribution in [1.29, 1.82) is 0 Å². The SMILES string of the molecule is COc1ccc(Cc2cc(NC=O)c(=O)n(C)c2)cc1. The Labute approximate surface area is 116 Å². The average Bonchev–Trinajstić information content (AvgIpc) is 2.45. The maximum atomic E-state index is 11.8. The maximum absolute atomic E-state index is 11.8. The number of aromatic nitrogens is 1. The number of nitrogens with one attached hydrogen (secondary N) is 1. The van der Waals surface area contributed by atoms with Crippen LogP contribution in [0.5, 0.6) is 5.75 Å². The monoisotopic (exact) mass is 272 g/mol. The number of carbonyl (C=O) groups excluding carboxylic acids is 1. The fourth-order valence-electron chi connectivity index (χ4n) is 2.02. The highest BCUT2D eigenvalue weighted by Crippen LogP contribution is 2.15. The second-order valence-electron chi connectivity index (χ2n) is 4.47. The van der Waals surface area contributed by atoms with Crippen LogP contribution in [0.3, 0.4) is 0 Å². The van der Waals surface area contributed by atoms with Crippen molar-refractivity contribution in [2.45, 2.75) is 6.42 Å². The normalized spacial score (nSPS) is 10.1. The molecular formula is C15H16N2O3. The molecule has 1 aromatic carbocycles. The van der Waals surface area contributed by atoms with Crippen molar-refractivity contribution in [2.75, 3.05) is 12.4 Å². The number of pyridine rings is 1. The van der Waals surface area contributed by atoms with E-state index in [9.17, 15) is 9.59 Å². The molecule has 2 rings (SSSR count). The molecule has 20 heavy (non-hydrogen) atoms. The van der Waals surface area contributed by atoms with Gasteiger partial charge in [0.25, 0.3) is 5.56 Å². The summed E-state index contributed by atoms with van der Waals surface area (Å²) in [5.74, 6) is 0.803. The third kappa shape index (κ3) is 3.06. The van der Waals surface area contributed by atoms with E-state index in [1.165, 1.54) is 4.57 Å². The highest BCUT2D eigenvalue weighted by Gasteiger charge is 2.05. The van der Waals surface area contributed by atoms with E-state index in [-0.39, 0.29) is 11.2 Å². The summed E-state index contributed by atoms with van der Waals surface area (Å²) in [6.45, 7) is 0. The minimum atomic E-state index is -0.226. The number of rotatable bonds is 5. The van der Waals surface area contributed by atoms with Gasteiger partial charge in [-0.1, -0.05) is 12.1 Å². The van der Waals surface area contributed by atoms with Gasteiger partial charge in [-0.25, -0.2) is 0 Å². The van der Waals surface area contributed by atoms with Crippen LogP contribution in [0.1, 0.15) is 11.1 Å². The zero-order chi connectivity index (χ0) is 14.5. The fourth-order valence-corrected chi connectivity index (χ4v) is 2.02. The number of methoxy groups -OCH3 is 1. The van der Waals surface area contributed by atoms with Crippen LogP contribution in [-0.4, -0.2) is 18.1 Å². The summed E-state index contributed by atoms with van der Waals surface area (Å²) in [7, 11) is 3.29. The van der Waals surface area contributed by atoms with E-state index >= 15 is 0 Å². The van der Waals surface area contributed by atoms with Gasteiger partial charge in [0, 0.05) is 13.2 Å². The summed E-state index contributed by atoms with van der Waals surface area (Å²) >= 11 is 0. The Balaban J connectivity index is 2.28. The van der Waals surface area contributed by atoms with Crippen molar-refractivity contribution in [2.24, 2.45) is 7.05 Å². The van der Waals surface area contributed by atoms with Crippen molar-refractivity contribution in [3.05, 3.63) is 58.0 Å². The van der Waals surface area contributed by atoms with Gasteiger partial charge in [0.1, 0.15) is 11.4 Å². The number of ether oxygens (including phenoxy) is 1. The molecule has 5 nitrogen and oxygen atoms in total. The molecule has 0 saturated heterocycles. The molecule has 0 spiro atoms. The fraction of sp³-hybridized carbons (Fsp3) is 0.200.